The number of hydrogen-bond donors (Lipinski definition) is 2. The normalized spacial score (nSPS) is 12.2. The summed E-state index contributed by atoms with van der Waals surface area (Å²) in [6.45, 7) is 3.29. The molecule has 124 valence electrons. The number of aliphatic hydroxyl groups is 1. The minimum atomic E-state index is -0.462. The van der Waals surface area contributed by atoms with E-state index in [0.717, 1.165) is 10.8 Å². The highest BCUT2D eigenvalue weighted by molar-refractivity contribution is 7.98. The van der Waals surface area contributed by atoms with Crippen LogP contribution in [0.3, 0.4) is 0 Å². The summed E-state index contributed by atoms with van der Waals surface area (Å²) in [7, 11) is 1.81. The summed E-state index contributed by atoms with van der Waals surface area (Å²) >= 11 is 1.55. The van der Waals surface area contributed by atoms with Gasteiger partial charge in [0.15, 0.2) is 0 Å². The number of nitrogens with zero attached hydrogens (tertiary/aromatic N) is 2. The number of carbonyl (C=O) groups excluding carboxylic acids is 1. The van der Waals surface area contributed by atoms with Crippen molar-refractivity contribution in [3.63, 3.8) is 0 Å². The minimum absolute atomic E-state index is 0.165. The third-order valence-electron chi connectivity index (χ3n) is 3.22. The maximum atomic E-state index is 12.3. The van der Waals surface area contributed by atoms with E-state index in [-0.39, 0.29) is 12.5 Å². The van der Waals surface area contributed by atoms with Gasteiger partial charge in [-0.3, -0.25) is 14.3 Å². The topological polar surface area (TPSA) is 76.4 Å². The number of hydrogen-bond acceptors (Lipinski definition) is 5. The molecule has 2 N–H and O–H groups in total. The predicted molar refractivity (Wildman–Crippen MR) is 89.0 cm³/mol. The van der Waals surface area contributed by atoms with Gasteiger partial charge in [-0.05, 0) is 19.4 Å². The lowest BCUT2D eigenvalue weighted by molar-refractivity contribution is -0.0306. The Labute approximate surface area is 139 Å². The Morgan fingerprint density at radius 2 is 2.13 bits per heavy atom. The van der Waals surface area contributed by atoms with Crippen LogP contribution in [0, 0.1) is 6.92 Å². The highest BCUT2D eigenvalue weighted by atomic mass is 32.2. The Bertz CT molecular complexity index is 658. The predicted octanol–water partition coefficient (Wildman–Crippen LogP) is 2.06. The number of hydroxylamine groups is 1. The summed E-state index contributed by atoms with van der Waals surface area (Å²) in [6, 6.07) is 10.0. The van der Waals surface area contributed by atoms with Crippen LogP contribution in [0.1, 0.15) is 28.5 Å². The first kappa shape index (κ1) is 17.5. The van der Waals surface area contributed by atoms with E-state index in [1.807, 2.05) is 37.4 Å². The van der Waals surface area contributed by atoms with Crippen molar-refractivity contribution in [1.29, 1.82) is 0 Å². The smallest absolute Gasteiger partial charge is 0.279 e. The van der Waals surface area contributed by atoms with E-state index in [9.17, 15) is 4.79 Å². The number of rotatable bonds is 7. The molecule has 1 amide bonds. The van der Waals surface area contributed by atoms with Gasteiger partial charge in [0.1, 0.15) is 11.1 Å². The minimum Gasteiger partial charge on any atom is -0.394 e. The van der Waals surface area contributed by atoms with E-state index < -0.39 is 6.10 Å². The van der Waals surface area contributed by atoms with Gasteiger partial charge in [-0.2, -0.15) is 5.10 Å². The highest BCUT2D eigenvalue weighted by Gasteiger charge is 2.21. The van der Waals surface area contributed by atoms with Crippen molar-refractivity contribution in [3.8, 4) is 0 Å². The molecule has 0 fully saturated rings. The molecule has 1 unspecified atom stereocenters. The van der Waals surface area contributed by atoms with Crippen LogP contribution in [0.2, 0.25) is 0 Å². The van der Waals surface area contributed by atoms with Gasteiger partial charge in [-0.1, -0.05) is 30.3 Å². The number of benzene rings is 1. The molecule has 0 aliphatic heterocycles. The Balaban J connectivity index is 2.12. The summed E-state index contributed by atoms with van der Waals surface area (Å²) in [5.74, 6) is 0.389. The third kappa shape index (κ3) is 4.57. The summed E-state index contributed by atoms with van der Waals surface area (Å²) in [5.41, 5.74) is 4.69. The van der Waals surface area contributed by atoms with Crippen LogP contribution in [0.15, 0.2) is 35.4 Å². The van der Waals surface area contributed by atoms with E-state index in [2.05, 4.69) is 10.6 Å². The van der Waals surface area contributed by atoms with Crippen molar-refractivity contribution in [2.45, 2.75) is 30.7 Å². The van der Waals surface area contributed by atoms with Gasteiger partial charge in [0.25, 0.3) is 5.91 Å². The molecule has 0 radical (unpaired) electrons. The second-order valence-corrected chi connectivity index (χ2v) is 6.17. The van der Waals surface area contributed by atoms with Crippen molar-refractivity contribution in [3.05, 3.63) is 47.2 Å². The SMILES string of the molecule is Cc1nn(C)c(SCc2ccccc2)c1C(=O)NOC(C)CO. The van der Waals surface area contributed by atoms with Crippen LogP contribution in [-0.4, -0.2) is 33.5 Å². The molecule has 0 aliphatic carbocycles. The number of aliphatic hydroxyl groups excluding tert-OH is 1. The number of thioether (sulfide) groups is 1. The molecule has 0 spiro atoms. The molecular weight excluding hydrogens is 314 g/mol. The average molecular weight is 335 g/mol. The Kier molecular flexibility index (Phi) is 6.20. The number of amides is 1. The zero-order chi connectivity index (χ0) is 16.8. The molecule has 0 saturated heterocycles. The van der Waals surface area contributed by atoms with Gasteiger partial charge in [0.2, 0.25) is 0 Å². The van der Waals surface area contributed by atoms with E-state index in [4.69, 9.17) is 9.94 Å². The number of carbonyl (C=O) groups is 1. The molecule has 2 rings (SSSR count). The molecule has 0 aliphatic rings. The lowest BCUT2D eigenvalue weighted by Gasteiger charge is -2.11. The van der Waals surface area contributed by atoms with E-state index >= 15 is 0 Å². The van der Waals surface area contributed by atoms with Crippen LogP contribution in [0.4, 0.5) is 0 Å². The summed E-state index contributed by atoms with van der Waals surface area (Å²) in [6.07, 6.45) is -0.462. The van der Waals surface area contributed by atoms with E-state index in [1.165, 1.54) is 5.56 Å². The van der Waals surface area contributed by atoms with Crippen LogP contribution in [0.5, 0.6) is 0 Å². The first-order valence-electron chi connectivity index (χ1n) is 7.30. The van der Waals surface area contributed by atoms with Crippen LogP contribution in [0.25, 0.3) is 0 Å². The zero-order valence-electron chi connectivity index (χ0n) is 13.4. The largest absolute Gasteiger partial charge is 0.394 e. The monoisotopic (exact) mass is 335 g/mol. The van der Waals surface area contributed by atoms with Crippen LogP contribution < -0.4 is 5.48 Å². The third-order valence-corrected chi connectivity index (χ3v) is 4.44. The molecule has 2 aromatic rings. The second-order valence-electron chi connectivity index (χ2n) is 5.21. The lowest BCUT2D eigenvalue weighted by Crippen LogP contribution is -2.30. The number of nitrogens with one attached hydrogen (secondary N) is 1. The molecule has 1 aromatic heterocycles. The Morgan fingerprint density at radius 1 is 1.43 bits per heavy atom. The standard InChI is InChI=1S/C16H21N3O3S/c1-11(9-20)22-18-15(21)14-12(2)17-19(3)16(14)23-10-13-7-5-4-6-8-13/h4-8,11,20H,9-10H2,1-3H3,(H,18,21). The molecule has 0 bridgehead atoms. The summed E-state index contributed by atoms with van der Waals surface area (Å²) < 4.78 is 1.70. The molecule has 6 nitrogen and oxygen atoms in total. The van der Waals surface area contributed by atoms with Crippen molar-refractivity contribution in [2.24, 2.45) is 7.05 Å². The molecule has 0 saturated carbocycles. The lowest BCUT2D eigenvalue weighted by atomic mass is 10.2. The molecular formula is C16H21N3O3S. The quantitative estimate of drug-likeness (QED) is 0.598. The van der Waals surface area contributed by atoms with Gasteiger partial charge >= 0.3 is 0 Å². The second kappa shape index (κ2) is 8.14. The van der Waals surface area contributed by atoms with Crippen molar-refractivity contribution < 1.29 is 14.7 Å². The molecule has 1 aromatic carbocycles. The van der Waals surface area contributed by atoms with Gasteiger partial charge in [-0.25, -0.2) is 5.48 Å². The van der Waals surface area contributed by atoms with Crippen LogP contribution >= 0.6 is 11.8 Å². The fraction of sp³-hybridized carbons (Fsp3) is 0.375. The zero-order valence-corrected chi connectivity index (χ0v) is 14.3. The fourth-order valence-corrected chi connectivity index (χ4v) is 3.14. The van der Waals surface area contributed by atoms with Crippen molar-refractivity contribution in [1.82, 2.24) is 15.3 Å². The fourth-order valence-electron chi connectivity index (χ4n) is 2.03. The Morgan fingerprint density at radius 3 is 2.78 bits per heavy atom. The van der Waals surface area contributed by atoms with Crippen molar-refractivity contribution >= 4 is 17.7 Å². The molecule has 7 heteroatoms. The highest BCUT2D eigenvalue weighted by Crippen LogP contribution is 2.28. The average Bonchev–Trinajstić information content (AvgIpc) is 2.84. The maximum Gasteiger partial charge on any atom is 0.279 e. The van der Waals surface area contributed by atoms with Gasteiger partial charge < -0.3 is 5.11 Å². The van der Waals surface area contributed by atoms with E-state index in [0.29, 0.717) is 11.3 Å². The van der Waals surface area contributed by atoms with Crippen molar-refractivity contribution in [2.75, 3.05) is 6.61 Å². The van der Waals surface area contributed by atoms with Gasteiger partial charge in [0.05, 0.1) is 17.9 Å². The van der Waals surface area contributed by atoms with Crippen LogP contribution in [-0.2, 0) is 17.6 Å². The first-order valence-corrected chi connectivity index (χ1v) is 8.28. The summed E-state index contributed by atoms with van der Waals surface area (Å²) in [4.78, 5) is 17.4. The molecule has 23 heavy (non-hydrogen) atoms. The first-order chi connectivity index (χ1) is 11.0. The Hall–Kier alpha value is -1.83. The van der Waals surface area contributed by atoms with E-state index in [1.54, 1.807) is 30.3 Å². The van der Waals surface area contributed by atoms with Gasteiger partial charge in [0, 0.05) is 12.8 Å². The maximum absolute atomic E-state index is 12.3. The number of aromatic nitrogens is 2. The molecule has 1 heterocycles. The van der Waals surface area contributed by atoms with Gasteiger partial charge in [-0.15, -0.1) is 11.8 Å². The molecule has 1 atom stereocenters. The number of aryl methyl sites for hydroxylation is 2. The summed E-state index contributed by atoms with van der Waals surface area (Å²) in [5, 5.41) is 14.0.